The van der Waals surface area contributed by atoms with Gasteiger partial charge in [0.2, 0.25) is 0 Å². The SMILES string of the molecule is C=C=C=C=C=C=C=C=C=C=C=C=C=C=C=C=C=C(C)OP1OCC2(COP(OC)OC2)CO1. The molecule has 0 N–H and O–H groups in total. The van der Waals surface area contributed by atoms with E-state index in [2.05, 4.69) is 98.3 Å². The first-order valence-electron chi connectivity index (χ1n) is 9.13. The van der Waals surface area contributed by atoms with E-state index in [0.717, 1.165) is 0 Å². The highest BCUT2D eigenvalue weighted by Gasteiger charge is 2.44. The fourth-order valence-electron chi connectivity index (χ4n) is 1.91. The van der Waals surface area contributed by atoms with Gasteiger partial charge in [0, 0.05) is 14.0 Å². The third-order valence-corrected chi connectivity index (χ3v) is 5.49. The van der Waals surface area contributed by atoms with E-state index in [-0.39, 0.29) is 5.41 Å². The molecule has 0 radical (unpaired) electrons. The highest BCUT2D eigenvalue weighted by atomic mass is 31.2. The van der Waals surface area contributed by atoms with Crippen LogP contribution in [0.3, 0.4) is 0 Å². The number of rotatable bonds is 3. The van der Waals surface area contributed by atoms with Crippen molar-refractivity contribution in [2.45, 2.75) is 6.92 Å². The van der Waals surface area contributed by atoms with Crippen LogP contribution in [0.2, 0.25) is 0 Å². The fourth-order valence-corrected chi connectivity index (χ4v) is 4.17. The summed E-state index contributed by atoms with van der Waals surface area (Å²) >= 11 is 0. The van der Waals surface area contributed by atoms with E-state index in [1.54, 1.807) is 14.0 Å². The minimum Gasteiger partial charge on any atom is -0.422 e. The van der Waals surface area contributed by atoms with Gasteiger partial charge in [0.1, 0.15) is 0 Å². The Morgan fingerprint density at radius 1 is 0.667 bits per heavy atom. The van der Waals surface area contributed by atoms with Gasteiger partial charge < -0.3 is 27.1 Å². The van der Waals surface area contributed by atoms with E-state index in [1.807, 2.05) is 0 Å². The Balaban J connectivity index is 1.98. The molecule has 0 aromatic carbocycles. The van der Waals surface area contributed by atoms with E-state index in [4.69, 9.17) is 27.1 Å². The molecule has 2 rings (SSSR count). The summed E-state index contributed by atoms with van der Waals surface area (Å²) in [5, 5.41) is 0. The monoisotopic (exact) mass is 474 g/mol. The first kappa shape index (κ1) is 25.9. The van der Waals surface area contributed by atoms with Crippen LogP contribution in [0.1, 0.15) is 6.92 Å². The van der Waals surface area contributed by atoms with Gasteiger partial charge in [-0.25, -0.2) is 0 Å². The lowest BCUT2D eigenvalue weighted by molar-refractivity contribution is -0.0723. The molecule has 162 valence electrons. The topological polar surface area (TPSA) is 55.4 Å². The van der Waals surface area contributed by atoms with Gasteiger partial charge in [-0.15, -0.1) is 0 Å². The lowest BCUT2D eigenvalue weighted by Gasteiger charge is -2.41. The average Bonchev–Trinajstić information content (AvgIpc) is 2.84. The molecule has 0 saturated carbocycles. The number of allylic oxidation sites excluding steroid dienone is 1. The molecule has 0 amide bonds. The molecule has 8 heteroatoms. The van der Waals surface area contributed by atoms with Crippen molar-refractivity contribution < 1.29 is 27.1 Å². The summed E-state index contributed by atoms with van der Waals surface area (Å²) in [6.45, 7) is 6.72. The van der Waals surface area contributed by atoms with Crippen LogP contribution in [0.5, 0.6) is 0 Å². The zero-order valence-corrected chi connectivity index (χ0v) is 19.7. The fraction of sp³-hybridized carbons (Fsp3) is 0.280. The minimum atomic E-state index is -1.53. The Labute approximate surface area is 194 Å². The Bertz CT molecular complexity index is 1340. The Hall–Kier alpha value is -3.32. The maximum absolute atomic E-state index is 5.67. The van der Waals surface area contributed by atoms with Crippen molar-refractivity contribution in [1.29, 1.82) is 0 Å². The molecule has 0 aliphatic carbocycles. The smallest absolute Gasteiger partial charge is 0.397 e. The summed E-state index contributed by atoms with van der Waals surface area (Å²) in [4.78, 5) is 0. The average molecular weight is 474 g/mol. The molecule has 33 heavy (non-hydrogen) atoms. The second kappa shape index (κ2) is 15.5. The summed E-state index contributed by atoms with van der Waals surface area (Å²) in [5.41, 5.74) is 40.2. The molecule has 2 fully saturated rings. The molecule has 6 nitrogen and oxygen atoms in total. The molecular weight excluding hydrogens is 458 g/mol. The van der Waals surface area contributed by atoms with Crippen molar-refractivity contribution in [2.75, 3.05) is 33.5 Å². The quantitative estimate of drug-likeness (QED) is 0.319. The van der Waals surface area contributed by atoms with E-state index in [0.29, 0.717) is 32.2 Å². The normalized spacial score (nSPS) is 21.5. The van der Waals surface area contributed by atoms with Gasteiger partial charge in [0.25, 0.3) is 0 Å². The molecule has 0 aromatic rings. The van der Waals surface area contributed by atoms with Crippen LogP contribution in [0, 0.1) is 5.41 Å². The predicted molar refractivity (Wildman–Crippen MR) is 119 cm³/mol. The van der Waals surface area contributed by atoms with Crippen LogP contribution < -0.4 is 0 Å². The Kier molecular flexibility index (Phi) is 12.2. The van der Waals surface area contributed by atoms with Gasteiger partial charge in [-0.05, 0) is 92.5 Å². The van der Waals surface area contributed by atoms with Crippen molar-refractivity contribution in [1.82, 2.24) is 0 Å². The maximum Gasteiger partial charge on any atom is 0.397 e. The second-order valence-corrected chi connectivity index (χ2v) is 8.40. The van der Waals surface area contributed by atoms with Gasteiger partial charge in [0.15, 0.2) is 5.76 Å². The van der Waals surface area contributed by atoms with Gasteiger partial charge in [0.05, 0.1) is 31.8 Å². The molecule has 2 aliphatic heterocycles. The zero-order valence-electron chi connectivity index (χ0n) is 17.9. The summed E-state index contributed by atoms with van der Waals surface area (Å²) in [5.74, 6) is 0.428. The van der Waals surface area contributed by atoms with Crippen molar-refractivity contribution in [3.8, 4) is 0 Å². The highest BCUT2D eigenvalue weighted by Crippen LogP contribution is 2.53. The molecule has 1 spiro atoms. The number of hydrogen-bond donors (Lipinski definition) is 0. The summed E-state index contributed by atoms with van der Waals surface area (Å²) in [6, 6.07) is 0. The highest BCUT2D eigenvalue weighted by molar-refractivity contribution is 7.42. The number of hydrogen-bond acceptors (Lipinski definition) is 6. The van der Waals surface area contributed by atoms with Crippen molar-refractivity contribution in [3.63, 3.8) is 0 Å². The van der Waals surface area contributed by atoms with Gasteiger partial charge in [-0.2, -0.15) is 0 Å². The van der Waals surface area contributed by atoms with Crippen LogP contribution in [-0.4, -0.2) is 33.5 Å². The maximum atomic E-state index is 5.67. The molecule has 2 aliphatic rings. The summed E-state index contributed by atoms with van der Waals surface area (Å²) in [6.07, 6.45) is 0. The van der Waals surface area contributed by atoms with Crippen LogP contribution in [0.4, 0.5) is 0 Å². The first-order chi connectivity index (χ1) is 16.2. The van der Waals surface area contributed by atoms with E-state index in [9.17, 15) is 0 Å². The molecule has 2 saturated heterocycles. The van der Waals surface area contributed by atoms with E-state index >= 15 is 0 Å². The molecule has 0 unspecified atom stereocenters. The van der Waals surface area contributed by atoms with Crippen molar-refractivity contribution >= 4 is 17.2 Å². The lowest BCUT2D eigenvalue weighted by atomic mass is 9.93. The predicted octanol–water partition coefficient (Wildman–Crippen LogP) is 5.20. The molecule has 2 heterocycles. The van der Waals surface area contributed by atoms with Crippen LogP contribution in [-0.2, 0) is 27.1 Å². The molecule has 0 bridgehead atoms. The molecular formula is C25H16O6P2. The minimum absolute atomic E-state index is 0.345. The lowest BCUT2D eigenvalue weighted by Crippen LogP contribution is -2.44. The largest absolute Gasteiger partial charge is 0.422 e. The van der Waals surface area contributed by atoms with Gasteiger partial charge in [-0.1, -0.05) is 5.73 Å². The molecule has 0 aromatic heterocycles. The van der Waals surface area contributed by atoms with Gasteiger partial charge in [-0.3, -0.25) is 0 Å². The Morgan fingerprint density at radius 2 is 1.06 bits per heavy atom. The molecule has 0 atom stereocenters. The second-order valence-electron chi connectivity index (χ2n) is 5.92. The van der Waals surface area contributed by atoms with Crippen LogP contribution >= 0.6 is 17.2 Å². The zero-order chi connectivity index (χ0) is 23.6. The summed E-state index contributed by atoms with van der Waals surface area (Å²) in [7, 11) is -1.26. The van der Waals surface area contributed by atoms with Gasteiger partial charge >= 0.3 is 17.2 Å². The van der Waals surface area contributed by atoms with Crippen LogP contribution in [0.25, 0.3) is 0 Å². The third-order valence-electron chi connectivity index (χ3n) is 3.40. The van der Waals surface area contributed by atoms with Crippen molar-refractivity contribution in [3.05, 3.63) is 104 Å². The third kappa shape index (κ3) is 10.7. The standard InChI is InChI=1S/C25H16O6P2/c1-4-5-6-7-8-9-10-11-12-13-14-15-16-17-18-19-24(2)31-33-29-22-25(23-30-33)20-27-32(26-3)28-21-25/h1,20-23H2,2-3H3. The van der Waals surface area contributed by atoms with Crippen LogP contribution in [0.15, 0.2) is 104 Å². The summed E-state index contributed by atoms with van der Waals surface area (Å²) < 4.78 is 33.0. The van der Waals surface area contributed by atoms with Crippen molar-refractivity contribution in [2.24, 2.45) is 5.41 Å². The van der Waals surface area contributed by atoms with E-state index < -0.39 is 17.2 Å². The Morgan fingerprint density at radius 3 is 1.48 bits per heavy atom. The van der Waals surface area contributed by atoms with E-state index in [1.165, 1.54) is 0 Å². The first-order valence-corrected chi connectivity index (χ1v) is 11.3.